The van der Waals surface area contributed by atoms with Crippen LogP contribution in [0.3, 0.4) is 0 Å². The zero-order valence-corrected chi connectivity index (χ0v) is 18.9. The van der Waals surface area contributed by atoms with E-state index in [1.807, 2.05) is 6.92 Å². The van der Waals surface area contributed by atoms with Gasteiger partial charge in [-0.15, -0.1) is 0 Å². The van der Waals surface area contributed by atoms with Gasteiger partial charge in [0.2, 0.25) is 0 Å². The molecule has 1 saturated carbocycles. The van der Waals surface area contributed by atoms with Gasteiger partial charge < -0.3 is 9.84 Å². The Hall–Kier alpha value is -2.19. The fourth-order valence-electron chi connectivity index (χ4n) is 3.92. The number of rotatable bonds is 4. The number of aromatic nitrogens is 3. The summed E-state index contributed by atoms with van der Waals surface area (Å²) in [7, 11) is 1.55. The van der Waals surface area contributed by atoms with E-state index in [0.717, 1.165) is 19.3 Å². The van der Waals surface area contributed by atoms with Gasteiger partial charge in [0, 0.05) is 19.5 Å². The van der Waals surface area contributed by atoms with Gasteiger partial charge in [-0.25, -0.2) is 9.78 Å². The zero-order chi connectivity index (χ0) is 22.3. The molecule has 0 spiro atoms. The van der Waals surface area contributed by atoms with Gasteiger partial charge in [-0.3, -0.25) is 9.69 Å². The minimum atomic E-state index is -0.727. The molecule has 3 rings (SSSR count). The third kappa shape index (κ3) is 5.10. The average molecular weight is 437 g/mol. The van der Waals surface area contributed by atoms with Gasteiger partial charge in [0.15, 0.2) is 11.4 Å². The second-order valence-electron chi connectivity index (χ2n) is 9.36. The summed E-state index contributed by atoms with van der Waals surface area (Å²) in [5, 5.41) is 14.7. The van der Waals surface area contributed by atoms with Crippen LogP contribution < -0.4 is 4.90 Å². The number of hydrogen-bond acceptors (Lipinski definition) is 6. The standard InChI is InChI=1S/C21H29ClN4O4/c1-20(2,3)30-19(28)25(5)17-10-16(22)24-18-14(12-23-26(17)18)15(27)9-13-7-6-8-21(4,29)11-13/h10,12-13,29H,6-9,11H2,1-5H3/t13?,21-/m1/s1. The molecule has 0 bridgehead atoms. The first-order chi connectivity index (χ1) is 13.9. The molecule has 8 nitrogen and oxygen atoms in total. The van der Waals surface area contributed by atoms with E-state index in [-0.39, 0.29) is 16.9 Å². The minimum Gasteiger partial charge on any atom is -0.443 e. The van der Waals surface area contributed by atoms with Crippen molar-refractivity contribution in [2.75, 3.05) is 11.9 Å². The lowest BCUT2D eigenvalue weighted by Crippen LogP contribution is -2.35. The number of aliphatic hydroxyl groups is 1. The fourth-order valence-corrected chi connectivity index (χ4v) is 4.10. The maximum atomic E-state index is 13.0. The molecule has 2 atom stereocenters. The van der Waals surface area contributed by atoms with Crippen LogP contribution in [0.1, 0.15) is 70.2 Å². The Bertz CT molecular complexity index is 964. The Balaban J connectivity index is 1.88. The minimum absolute atomic E-state index is 0.103. The molecule has 1 fully saturated rings. The highest BCUT2D eigenvalue weighted by atomic mass is 35.5. The highest BCUT2D eigenvalue weighted by Gasteiger charge is 2.32. The van der Waals surface area contributed by atoms with E-state index < -0.39 is 17.3 Å². The summed E-state index contributed by atoms with van der Waals surface area (Å²) < 4.78 is 6.83. The molecule has 2 aromatic heterocycles. The molecule has 2 aromatic rings. The monoisotopic (exact) mass is 436 g/mol. The number of Topliss-reactive ketones (excluding diaryl/α,β-unsaturated/α-hetero) is 1. The molecule has 9 heteroatoms. The first-order valence-electron chi connectivity index (χ1n) is 10.1. The van der Waals surface area contributed by atoms with E-state index in [1.54, 1.807) is 27.8 Å². The van der Waals surface area contributed by atoms with Crippen molar-refractivity contribution in [3.05, 3.63) is 23.0 Å². The van der Waals surface area contributed by atoms with Crippen molar-refractivity contribution in [3.8, 4) is 0 Å². The number of ether oxygens (including phenoxy) is 1. The number of anilines is 1. The summed E-state index contributed by atoms with van der Waals surface area (Å²) in [6, 6.07) is 1.50. The van der Waals surface area contributed by atoms with Crippen molar-refractivity contribution in [2.24, 2.45) is 5.92 Å². The molecule has 164 valence electrons. The molecule has 1 N–H and O–H groups in total. The van der Waals surface area contributed by atoms with Gasteiger partial charge in [0.1, 0.15) is 16.6 Å². The second-order valence-corrected chi connectivity index (χ2v) is 9.74. The average Bonchev–Trinajstić information content (AvgIpc) is 3.01. The van der Waals surface area contributed by atoms with Crippen molar-refractivity contribution >= 4 is 34.9 Å². The van der Waals surface area contributed by atoms with Gasteiger partial charge >= 0.3 is 6.09 Å². The van der Waals surface area contributed by atoms with E-state index in [9.17, 15) is 14.7 Å². The van der Waals surface area contributed by atoms with E-state index in [4.69, 9.17) is 16.3 Å². The van der Waals surface area contributed by atoms with Gasteiger partial charge in [-0.1, -0.05) is 18.0 Å². The summed E-state index contributed by atoms with van der Waals surface area (Å²) in [6.07, 6.45) is 4.34. The van der Waals surface area contributed by atoms with Crippen molar-refractivity contribution in [3.63, 3.8) is 0 Å². The molecule has 1 aliphatic carbocycles. The van der Waals surface area contributed by atoms with Crippen LogP contribution >= 0.6 is 11.6 Å². The Labute approximate surface area is 181 Å². The SMILES string of the molecule is CN(C(=O)OC(C)(C)C)c1cc(Cl)nc2c(C(=O)CC3CCC[C@@](C)(O)C3)cnn12. The van der Waals surface area contributed by atoms with Crippen LogP contribution in [0, 0.1) is 5.92 Å². The van der Waals surface area contributed by atoms with Crippen molar-refractivity contribution in [1.82, 2.24) is 14.6 Å². The first kappa shape index (κ1) is 22.5. The maximum Gasteiger partial charge on any atom is 0.415 e. The normalized spacial score (nSPS) is 22.2. The molecular formula is C21H29ClN4O4. The third-order valence-corrected chi connectivity index (χ3v) is 5.46. The number of ketones is 1. The molecule has 0 aliphatic heterocycles. The topological polar surface area (TPSA) is 97.0 Å². The summed E-state index contributed by atoms with van der Waals surface area (Å²) in [5.41, 5.74) is -0.745. The van der Waals surface area contributed by atoms with E-state index in [1.165, 1.54) is 21.7 Å². The number of nitrogens with zero attached hydrogens (tertiary/aromatic N) is 4. The van der Waals surface area contributed by atoms with Crippen LogP contribution in [-0.4, -0.2) is 49.8 Å². The van der Waals surface area contributed by atoms with Crippen molar-refractivity contribution < 1.29 is 19.4 Å². The van der Waals surface area contributed by atoms with Crippen LogP contribution in [-0.2, 0) is 4.74 Å². The highest BCUT2D eigenvalue weighted by molar-refractivity contribution is 6.30. The molecule has 30 heavy (non-hydrogen) atoms. The molecule has 0 aromatic carbocycles. The Morgan fingerprint density at radius 3 is 2.77 bits per heavy atom. The molecule has 1 aliphatic rings. The molecular weight excluding hydrogens is 408 g/mol. The third-order valence-electron chi connectivity index (χ3n) is 5.26. The predicted octanol–water partition coefficient (Wildman–Crippen LogP) is 4.27. The lowest BCUT2D eigenvalue weighted by Gasteiger charge is -2.33. The largest absolute Gasteiger partial charge is 0.443 e. The number of amides is 1. The lowest BCUT2D eigenvalue weighted by molar-refractivity contribution is 0.000521. The van der Waals surface area contributed by atoms with Crippen LogP contribution in [0.15, 0.2) is 12.3 Å². The molecule has 1 amide bonds. The van der Waals surface area contributed by atoms with Crippen molar-refractivity contribution in [2.45, 2.75) is 71.0 Å². The van der Waals surface area contributed by atoms with E-state index >= 15 is 0 Å². The maximum absolute atomic E-state index is 13.0. The molecule has 0 radical (unpaired) electrons. The predicted molar refractivity (Wildman–Crippen MR) is 114 cm³/mol. The summed E-state index contributed by atoms with van der Waals surface area (Å²) >= 11 is 6.19. The first-order valence-corrected chi connectivity index (χ1v) is 10.5. The fraction of sp³-hybridized carbons (Fsp3) is 0.619. The molecule has 0 saturated heterocycles. The summed E-state index contributed by atoms with van der Waals surface area (Å²) in [4.78, 5) is 31.0. The Morgan fingerprint density at radius 1 is 1.43 bits per heavy atom. The number of carbonyl (C=O) groups is 2. The number of hydrogen-bond donors (Lipinski definition) is 1. The zero-order valence-electron chi connectivity index (χ0n) is 18.1. The number of fused-ring (bicyclic) bond motifs is 1. The number of carbonyl (C=O) groups excluding carboxylic acids is 2. The lowest BCUT2D eigenvalue weighted by atomic mass is 9.77. The molecule has 2 heterocycles. The summed E-state index contributed by atoms with van der Waals surface area (Å²) in [6.45, 7) is 7.16. The Kier molecular flexibility index (Phi) is 6.11. The van der Waals surface area contributed by atoms with Crippen LogP contribution in [0.25, 0.3) is 5.65 Å². The van der Waals surface area contributed by atoms with E-state index in [2.05, 4.69) is 10.1 Å². The van der Waals surface area contributed by atoms with Crippen LogP contribution in [0.2, 0.25) is 5.15 Å². The summed E-state index contributed by atoms with van der Waals surface area (Å²) in [5.74, 6) is 0.353. The van der Waals surface area contributed by atoms with Gasteiger partial charge in [0.25, 0.3) is 0 Å². The Morgan fingerprint density at radius 2 is 2.13 bits per heavy atom. The highest BCUT2D eigenvalue weighted by Crippen LogP contribution is 2.35. The van der Waals surface area contributed by atoms with Gasteiger partial charge in [-0.2, -0.15) is 9.61 Å². The smallest absolute Gasteiger partial charge is 0.415 e. The molecule has 1 unspecified atom stereocenters. The van der Waals surface area contributed by atoms with Gasteiger partial charge in [-0.05, 0) is 52.9 Å². The van der Waals surface area contributed by atoms with Crippen molar-refractivity contribution in [1.29, 1.82) is 0 Å². The second kappa shape index (κ2) is 8.15. The van der Waals surface area contributed by atoms with E-state index in [0.29, 0.717) is 29.9 Å². The van der Waals surface area contributed by atoms with Crippen LogP contribution in [0.5, 0.6) is 0 Å². The van der Waals surface area contributed by atoms with Gasteiger partial charge in [0.05, 0.1) is 17.4 Å². The van der Waals surface area contributed by atoms with Crippen LogP contribution in [0.4, 0.5) is 10.6 Å². The number of halogens is 1. The quantitative estimate of drug-likeness (QED) is 0.567.